The van der Waals surface area contributed by atoms with Crippen LogP contribution in [0.15, 0.2) is 42.5 Å². The number of hydrogen-bond donors (Lipinski definition) is 3. The van der Waals surface area contributed by atoms with Gasteiger partial charge in [0.1, 0.15) is 24.1 Å². The van der Waals surface area contributed by atoms with E-state index in [-0.39, 0.29) is 6.54 Å². The molecule has 3 N–H and O–H groups in total. The first kappa shape index (κ1) is 22.4. The summed E-state index contributed by atoms with van der Waals surface area (Å²) in [6.45, 7) is 2.35. The van der Waals surface area contributed by atoms with E-state index in [1.165, 1.54) is 12.0 Å². The van der Waals surface area contributed by atoms with Crippen LogP contribution in [0.3, 0.4) is 0 Å². The summed E-state index contributed by atoms with van der Waals surface area (Å²) >= 11 is 6.40. The lowest BCUT2D eigenvalue weighted by Gasteiger charge is -2.43. The number of aliphatic hydroxyl groups is 3. The van der Waals surface area contributed by atoms with Gasteiger partial charge in [0.25, 0.3) is 0 Å². The fourth-order valence-corrected chi connectivity index (χ4v) is 3.89. The highest BCUT2D eigenvalue weighted by molar-refractivity contribution is 6.31. The number of halogens is 1. The summed E-state index contributed by atoms with van der Waals surface area (Å²) in [4.78, 5) is 13.5. The van der Waals surface area contributed by atoms with Crippen molar-refractivity contribution in [2.75, 3.05) is 20.3 Å². The second-order valence-corrected chi connectivity index (χ2v) is 7.63. The topological polar surface area (TPSA) is 99.5 Å². The van der Waals surface area contributed by atoms with Gasteiger partial charge in [0.2, 0.25) is 0 Å². The molecule has 0 bridgehead atoms. The molecule has 3 rings (SSSR count). The van der Waals surface area contributed by atoms with Crippen molar-refractivity contribution < 1.29 is 29.6 Å². The van der Waals surface area contributed by atoms with Gasteiger partial charge in [-0.15, -0.1) is 0 Å². The largest absolute Gasteiger partial charge is 0.494 e. The third-order valence-corrected chi connectivity index (χ3v) is 5.61. The number of benzene rings is 2. The van der Waals surface area contributed by atoms with Gasteiger partial charge in [0.05, 0.1) is 26.3 Å². The molecular weight excluding hydrogens is 410 g/mol. The molecule has 2 aromatic rings. The molecule has 8 heteroatoms. The highest BCUT2D eigenvalue weighted by Gasteiger charge is 2.44. The maximum absolute atomic E-state index is 12.2. The summed E-state index contributed by atoms with van der Waals surface area (Å²) in [5.74, 6) is 0.785. The normalized spacial score (nSPS) is 23.9. The van der Waals surface area contributed by atoms with Crippen molar-refractivity contribution in [2.45, 2.75) is 37.7 Å². The summed E-state index contributed by atoms with van der Waals surface area (Å²) in [5.41, 5.74) is 2.40. The van der Waals surface area contributed by atoms with Crippen LogP contribution in [0, 0.1) is 0 Å². The van der Waals surface area contributed by atoms with Gasteiger partial charge in [-0.3, -0.25) is 4.90 Å². The van der Waals surface area contributed by atoms with Gasteiger partial charge < -0.3 is 24.8 Å². The molecule has 1 fully saturated rings. The van der Waals surface area contributed by atoms with Crippen LogP contribution < -0.4 is 4.74 Å². The van der Waals surface area contributed by atoms with Crippen molar-refractivity contribution in [3.63, 3.8) is 0 Å². The van der Waals surface area contributed by atoms with Crippen LogP contribution in [0.2, 0.25) is 5.02 Å². The van der Waals surface area contributed by atoms with Gasteiger partial charge in [0, 0.05) is 5.02 Å². The lowest BCUT2D eigenvalue weighted by atomic mass is 9.88. The Kier molecular flexibility index (Phi) is 7.20. The van der Waals surface area contributed by atoms with E-state index in [1.54, 1.807) is 18.2 Å². The zero-order chi connectivity index (χ0) is 21.8. The molecule has 162 valence electrons. The number of β-amino-alcohol motifs (C(OH)–C–C–N with tert-alkyl or cyclic N) is 1. The maximum Gasteiger partial charge on any atom is 0.410 e. The molecular formula is C22H26ClNO6. The minimum atomic E-state index is -1.39. The number of amides is 1. The van der Waals surface area contributed by atoms with Gasteiger partial charge in [-0.05, 0) is 48.2 Å². The van der Waals surface area contributed by atoms with Crippen LogP contribution in [0.5, 0.6) is 5.75 Å². The van der Waals surface area contributed by atoms with E-state index in [0.717, 1.165) is 16.9 Å². The minimum absolute atomic E-state index is 0.160. The summed E-state index contributed by atoms with van der Waals surface area (Å²) in [7, 11) is 1.22. The second kappa shape index (κ2) is 9.66. The average molecular weight is 436 g/mol. The number of aliphatic hydroxyl groups excluding tert-OH is 3. The summed E-state index contributed by atoms with van der Waals surface area (Å²) < 4.78 is 10.3. The number of piperidine rings is 1. The first-order valence-corrected chi connectivity index (χ1v) is 10.1. The van der Waals surface area contributed by atoms with Crippen molar-refractivity contribution in [1.82, 2.24) is 4.90 Å². The monoisotopic (exact) mass is 435 g/mol. The molecule has 0 radical (unpaired) electrons. The van der Waals surface area contributed by atoms with E-state index in [0.29, 0.717) is 23.6 Å². The highest BCUT2D eigenvalue weighted by atomic mass is 35.5. The van der Waals surface area contributed by atoms with E-state index in [9.17, 15) is 20.1 Å². The van der Waals surface area contributed by atoms with Crippen LogP contribution in [0.1, 0.15) is 29.7 Å². The zero-order valence-corrected chi connectivity index (χ0v) is 17.6. The molecule has 0 aliphatic carbocycles. The Balaban J connectivity index is 1.91. The summed E-state index contributed by atoms with van der Waals surface area (Å²) in [5, 5.41) is 31.3. The number of nitrogens with zero attached hydrogens (tertiary/aromatic N) is 1. The predicted octanol–water partition coefficient (Wildman–Crippen LogP) is 2.54. The number of likely N-dealkylation sites (tertiary alicyclic amines) is 1. The Labute approximate surface area is 180 Å². The summed E-state index contributed by atoms with van der Waals surface area (Å²) in [6, 6.07) is 12.0. The Morgan fingerprint density at radius 2 is 1.83 bits per heavy atom. The Hall–Kier alpha value is -2.32. The molecule has 0 spiro atoms. The SMILES string of the molecule is CCOc1ccc(Cc2cc([C@@H]3[C@@H](O)[C@H](O)[C@H](O)CN3C(=O)OC)ccc2Cl)cc1. The standard InChI is InChI=1S/C22H26ClNO6/c1-3-30-16-7-4-13(5-8-16)10-15-11-14(6-9-17(15)23)19-21(27)20(26)18(25)12-24(19)22(28)29-2/h4-9,11,18-21,25-27H,3,10,12H2,1-2H3/t18-,19-,20-,21-/m1/s1. The number of ether oxygens (including phenoxy) is 2. The number of carbonyl (C=O) groups is 1. The van der Waals surface area contributed by atoms with E-state index in [1.807, 2.05) is 31.2 Å². The van der Waals surface area contributed by atoms with Crippen molar-refractivity contribution in [3.05, 3.63) is 64.2 Å². The Bertz CT molecular complexity index is 874. The molecule has 1 aliphatic heterocycles. The molecule has 2 aromatic carbocycles. The van der Waals surface area contributed by atoms with Gasteiger partial charge in [-0.25, -0.2) is 4.79 Å². The Morgan fingerprint density at radius 1 is 1.13 bits per heavy atom. The lowest BCUT2D eigenvalue weighted by Crippen LogP contribution is -2.58. The first-order chi connectivity index (χ1) is 14.3. The van der Waals surface area contributed by atoms with Crippen molar-refractivity contribution in [1.29, 1.82) is 0 Å². The first-order valence-electron chi connectivity index (χ1n) is 9.74. The average Bonchev–Trinajstić information content (AvgIpc) is 2.74. The number of hydrogen-bond acceptors (Lipinski definition) is 6. The van der Waals surface area contributed by atoms with E-state index in [4.69, 9.17) is 21.1 Å². The smallest absolute Gasteiger partial charge is 0.410 e. The quantitative estimate of drug-likeness (QED) is 0.667. The molecule has 0 unspecified atom stereocenters. The molecule has 30 heavy (non-hydrogen) atoms. The van der Waals surface area contributed by atoms with Crippen molar-refractivity contribution >= 4 is 17.7 Å². The molecule has 4 atom stereocenters. The molecule has 1 saturated heterocycles. The van der Waals surface area contributed by atoms with Gasteiger partial charge in [0.15, 0.2) is 0 Å². The van der Waals surface area contributed by atoms with Crippen molar-refractivity contribution in [3.8, 4) is 5.75 Å². The van der Waals surface area contributed by atoms with Crippen molar-refractivity contribution in [2.24, 2.45) is 0 Å². The zero-order valence-electron chi connectivity index (χ0n) is 16.9. The lowest BCUT2D eigenvalue weighted by molar-refractivity contribution is -0.131. The van der Waals surface area contributed by atoms with E-state index < -0.39 is 30.4 Å². The van der Waals surface area contributed by atoms with Crippen LogP contribution in [0.4, 0.5) is 4.79 Å². The fourth-order valence-electron chi connectivity index (χ4n) is 3.71. The van der Waals surface area contributed by atoms with Crippen LogP contribution in [0.25, 0.3) is 0 Å². The summed E-state index contributed by atoms with van der Waals surface area (Å²) in [6.07, 6.45) is -4.21. The molecule has 0 aromatic heterocycles. The third-order valence-electron chi connectivity index (χ3n) is 5.24. The number of methoxy groups -OCH3 is 1. The minimum Gasteiger partial charge on any atom is -0.494 e. The number of rotatable bonds is 5. The van der Waals surface area contributed by atoms with Gasteiger partial charge >= 0.3 is 6.09 Å². The maximum atomic E-state index is 12.2. The van der Waals surface area contributed by atoms with Crippen LogP contribution in [-0.2, 0) is 11.2 Å². The number of carbonyl (C=O) groups excluding carboxylic acids is 1. The van der Waals surface area contributed by atoms with Crippen LogP contribution >= 0.6 is 11.6 Å². The second-order valence-electron chi connectivity index (χ2n) is 7.22. The predicted molar refractivity (Wildman–Crippen MR) is 112 cm³/mol. The Morgan fingerprint density at radius 3 is 2.47 bits per heavy atom. The van der Waals surface area contributed by atoms with E-state index in [2.05, 4.69) is 0 Å². The van der Waals surface area contributed by atoms with Crippen LogP contribution in [-0.4, -0.2) is 64.9 Å². The molecule has 1 amide bonds. The molecule has 0 saturated carbocycles. The van der Waals surface area contributed by atoms with Gasteiger partial charge in [-0.1, -0.05) is 35.9 Å². The third kappa shape index (κ3) is 4.70. The molecule has 1 aliphatic rings. The molecule has 7 nitrogen and oxygen atoms in total. The molecule has 1 heterocycles. The van der Waals surface area contributed by atoms with Gasteiger partial charge in [-0.2, -0.15) is 0 Å². The fraction of sp³-hybridized carbons (Fsp3) is 0.409. The van der Waals surface area contributed by atoms with E-state index >= 15 is 0 Å². The highest BCUT2D eigenvalue weighted by Crippen LogP contribution is 2.34.